The molecule has 1 fully saturated rings. The summed E-state index contributed by atoms with van der Waals surface area (Å²) in [5.41, 5.74) is -0.985. The van der Waals surface area contributed by atoms with Gasteiger partial charge in [-0.15, -0.1) is 0 Å². The lowest BCUT2D eigenvalue weighted by Gasteiger charge is -2.31. The molecule has 0 atom stereocenters. The topological polar surface area (TPSA) is 145 Å². The number of H-pyrrole nitrogens is 1. The predicted octanol–water partition coefficient (Wildman–Crippen LogP) is 0.436. The zero-order valence-electron chi connectivity index (χ0n) is 17.5. The van der Waals surface area contributed by atoms with Crippen LogP contribution in [-0.4, -0.2) is 78.4 Å². The van der Waals surface area contributed by atoms with Crippen molar-refractivity contribution >= 4 is 21.6 Å². The number of sulfonamides is 1. The Balaban J connectivity index is 2.08. The van der Waals surface area contributed by atoms with Gasteiger partial charge in [-0.1, -0.05) is 0 Å². The van der Waals surface area contributed by atoms with E-state index in [-0.39, 0.29) is 28.6 Å². The molecule has 3 rings (SSSR count). The normalized spacial score (nSPS) is 15.6. The van der Waals surface area contributed by atoms with E-state index in [1.54, 1.807) is 6.92 Å². The number of anilines is 1. The molecule has 1 aromatic heterocycles. The summed E-state index contributed by atoms with van der Waals surface area (Å²) in [6.45, 7) is 5.20. The minimum absolute atomic E-state index is 0.0172. The molecule has 1 aliphatic heterocycles. The molecule has 2 heterocycles. The molecular weight excluding hydrogens is 426 g/mol. The highest BCUT2D eigenvalue weighted by atomic mass is 32.2. The first-order valence-electron chi connectivity index (χ1n) is 9.70. The van der Waals surface area contributed by atoms with Crippen molar-refractivity contribution in [1.82, 2.24) is 19.2 Å². The van der Waals surface area contributed by atoms with Gasteiger partial charge in [0.25, 0.3) is 5.56 Å². The number of piperazine rings is 1. The van der Waals surface area contributed by atoms with Crippen molar-refractivity contribution < 1.29 is 23.1 Å². The summed E-state index contributed by atoms with van der Waals surface area (Å²) in [5, 5.41) is 12.4. The van der Waals surface area contributed by atoms with Gasteiger partial charge in [-0.2, -0.15) is 9.29 Å². The van der Waals surface area contributed by atoms with Crippen LogP contribution in [0.5, 0.6) is 11.6 Å². The second-order valence-electron chi connectivity index (χ2n) is 7.09. The average molecular weight is 452 g/mol. The Hall–Kier alpha value is -2.96. The molecule has 2 aromatic rings. The van der Waals surface area contributed by atoms with Crippen LogP contribution in [0, 0.1) is 0 Å². The Labute approximate surface area is 179 Å². The van der Waals surface area contributed by atoms with Crippen molar-refractivity contribution in [2.45, 2.75) is 18.7 Å². The van der Waals surface area contributed by atoms with Crippen molar-refractivity contribution in [3.63, 3.8) is 0 Å². The molecule has 31 heavy (non-hydrogen) atoms. The Bertz CT molecular complexity index is 1140. The van der Waals surface area contributed by atoms with Crippen LogP contribution in [0.2, 0.25) is 0 Å². The van der Waals surface area contributed by atoms with Gasteiger partial charge < -0.3 is 25.0 Å². The smallest absolute Gasteiger partial charge is 0.278 e. The van der Waals surface area contributed by atoms with Gasteiger partial charge in [0.05, 0.1) is 17.1 Å². The van der Waals surface area contributed by atoms with E-state index < -0.39 is 33.1 Å². The Kier molecular flexibility index (Phi) is 6.62. The molecule has 1 aromatic carbocycles. The van der Waals surface area contributed by atoms with Crippen molar-refractivity contribution in [3.05, 3.63) is 28.6 Å². The molecule has 168 valence electrons. The maximum atomic E-state index is 13.1. The number of amides is 1. The summed E-state index contributed by atoms with van der Waals surface area (Å²) >= 11 is 0. The molecular formula is C19H25N5O6S. The minimum atomic E-state index is -3.78. The van der Waals surface area contributed by atoms with E-state index in [1.165, 1.54) is 29.4 Å². The zero-order chi connectivity index (χ0) is 22.8. The van der Waals surface area contributed by atoms with Crippen LogP contribution < -0.4 is 15.6 Å². The van der Waals surface area contributed by atoms with Crippen LogP contribution in [-0.2, 0) is 14.8 Å². The van der Waals surface area contributed by atoms with E-state index in [0.29, 0.717) is 26.2 Å². The SMILES string of the molecule is CCOc1ccc(S(=O)(=O)N2CCN(C)CC2)cc1-c1nc(O)c(NC(C)=O)c(=O)[nH]1. The lowest BCUT2D eigenvalue weighted by Crippen LogP contribution is -2.47. The number of carbonyl (C=O) groups is 1. The first-order valence-corrected chi connectivity index (χ1v) is 11.1. The molecule has 0 radical (unpaired) electrons. The van der Waals surface area contributed by atoms with Crippen molar-refractivity contribution in [1.29, 1.82) is 0 Å². The lowest BCUT2D eigenvalue weighted by molar-refractivity contribution is -0.114. The van der Waals surface area contributed by atoms with Gasteiger partial charge in [0.1, 0.15) is 11.6 Å². The molecule has 1 amide bonds. The lowest BCUT2D eigenvalue weighted by atomic mass is 10.2. The Morgan fingerprint density at radius 3 is 2.55 bits per heavy atom. The maximum Gasteiger partial charge on any atom is 0.278 e. The standard InChI is InChI=1S/C19H25N5O6S/c1-4-30-15-6-5-13(31(28,29)24-9-7-23(3)8-10-24)11-14(15)17-21-18(26)16(19(27)22-17)20-12(2)25/h5-6,11H,4,7-10H2,1-3H3,(H,20,25)(H2,21,22,26,27). The van der Waals surface area contributed by atoms with Gasteiger partial charge in [-0.05, 0) is 32.2 Å². The van der Waals surface area contributed by atoms with E-state index in [9.17, 15) is 23.1 Å². The number of hydrogen-bond donors (Lipinski definition) is 3. The number of aromatic amines is 1. The van der Waals surface area contributed by atoms with Crippen molar-refractivity contribution in [3.8, 4) is 23.0 Å². The van der Waals surface area contributed by atoms with E-state index in [1.807, 2.05) is 11.9 Å². The fourth-order valence-corrected chi connectivity index (χ4v) is 4.64. The number of nitrogens with zero attached hydrogens (tertiary/aromatic N) is 3. The zero-order valence-corrected chi connectivity index (χ0v) is 18.3. The third kappa shape index (κ3) is 4.86. The Morgan fingerprint density at radius 1 is 1.29 bits per heavy atom. The Morgan fingerprint density at radius 2 is 1.97 bits per heavy atom. The van der Waals surface area contributed by atoms with Gasteiger partial charge in [0, 0.05) is 33.1 Å². The summed E-state index contributed by atoms with van der Waals surface area (Å²) in [6.07, 6.45) is 0. The molecule has 0 aliphatic carbocycles. The molecule has 0 spiro atoms. The summed E-state index contributed by atoms with van der Waals surface area (Å²) in [6, 6.07) is 4.28. The third-order valence-corrected chi connectivity index (χ3v) is 6.70. The quantitative estimate of drug-likeness (QED) is 0.574. The highest BCUT2D eigenvalue weighted by Crippen LogP contribution is 2.32. The number of benzene rings is 1. The monoisotopic (exact) mass is 451 g/mol. The van der Waals surface area contributed by atoms with Gasteiger partial charge in [0.2, 0.25) is 21.8 Å². The first-order chi connectivity index (χ1) is 14.6. The van der Waals surface area contributed by atoms with Gasteiger partial charge >= 0.3 is 0 Å². The minimum Gasteiger partial charge on any atom is -0.493 e. The molecule has 1 saturated heterocycles. The van der Waals surface area contributed by atoms with Crippen molar-refractivity contribution in [2.75, 3.05) is 45.2 Å². The van der Waals surface area contributed by atoms with Gasteiger partial charge in [-0.3, -0.25) is 9.59 Å². The predicted molar refractivity (Wildman–Crippen MR) is 114 cm³/mol. The highest BCUT2D eigenvalue weighted by Gasteiger charge is 2.29. The number of nitrogens with one attached hydrogen (secondary N) is 2. The number of hydrogen-bond acceptors (Lipinski definition) is 8. The number of rotatable bonds is 6. The highest BCUT2D eigenvalue weighted by molar-refractivity contribution is 7.89. The summed E-state index contributed by atoms with van der Waals surface area (Å²) in [4.78, 5) is 32.1. The summed E-state index contributed by atoms with van der Waals surface area (Å²) < 4.78 is 33.2. The first kappa shape index (κ1) is 22.7. The average Bonchev–Trinajstić information content (AvgIpc) is 2.71. The van der Waals surface area contributed by atoms with Gasteiger partial charge in [-0.25, -0.2) is 8.42 Å². The number of ether oxygens (including phenoxy) is 1. The second-order valence-corrected chi connectivity index (χ2v) is 9.03. The fourth-order valence-electron chi connectivity index (χ4n) is 3.19. The van der Waals surface area contributed by atoms with E-state index in [2.05, 4.69) is 15.3 Å². The summed E-state index contributed by atoms with van der Waals surface area (Å²) in [5.74, 6) is -1.04. The van der Waals surface area contributed by atoms with E-state index in [0.717, 1.165) is 0 Å². The summed E-state index contributed by atoms with van der Waals surface area (Å²) in [7, 11) is -1.85. The fraction of sp³-hybridized carbons (Fsp3) is 0.421. The van der Waals surface area contributed by atoms with Crippen LogP contribution in [0.4, 0.5) is 5.69 Å². The molecule has 11 nitrogen and oxygen atoms in total. The largest absolute Gasteiger partial charge is 0.493 e. The molecule has 0 saturated carbocycles. The number of aromatic nitrogens is 2. The number of likely N-dealkylation sites (N-methyl/N-ethyl adjacent to an activating group) is 1. The molecule has 12 heteroatoms. The van der Waals surface area contributed by atoms with Crippen LogP contribution in [0.25, 0.3) is 11.4 Å². The van der Waals surface area contributed by atoms with Crippen LogP contribution in [0.1, 0.15) is 13.8 Å². The van der Waals surface area contributed by atoms with E-state index >= 15 is 0 Å². The van der Waals surface area contributed by atoms with Crippen LogP contribution >= 0.6 is 0 Å². The molecule has 3 N–H and O–H groups in total. The maximum absolute atomic E-state index is 13.1. The molecule has 0 unspecified atom stereocenters. The third-order valence-electron chi connectivity index (χ3n) is 4.81. The number of aromatic hydroxyl groups is 1. The van der Waals surface area contributed by atoms with E-state index in [4.69, 9.17) is 4.74 Å². The molecule has 1 aliphatic rings. The van der Waals surface area contributed by atoms with Crippen molar-refractivity contribution in [2.24, 2.45) is 0 Å². The van der Waals surface area contributed by atoms with Crippen LogP contribution in [0.15, 0.2) is 27.9 Å². The molecule has 0 bridgehead atoms. The van der Waals surface area contributed by atoms with Gasteiger partial charge in [0.15, 0.2) is 5.69 Å². The number of carbonyl (C=O) groups excluding carboxylic acids is 1. The second kappa shape index (κ2) is 9.04. The van der Waals surface area contributed by atoms with Crippen LogP contribution in [0.3, 0.4) is 0 Å².